The third-order valence-electron chi connectivity index (χ3n) is 2.30. The van der Waals surface area contributed by atoms with E-state index in [9.17, 15) is 26.3 Å². The minimum atomic E-state index is -5.07. The van der Waals surface area contributed by atoms with Crippen LogP contribution in [0.5, 0.6) is 23.0 Å². The van der Waals surface area contributed by atoms with E-state index in [-0.39, 0.29) is 11.5 Å². The maximum absolute atomic E-state index is 12.2. The monoisotopic (exact) mass is 338 g/mol. The standard InChI is InChI=1S/C14H8F6O3/c15-13(16,17)22-11-6-10(21-9-4-2-1-3-5-9)7-12(8-11)23-14(18,19)20/h1-8H. The zero-order valence-electron chi connectivity index (χ0n) is 11.1. The molecule has 2 rings (SSSR count). The van der Waals surface area contributed by atoms with Crippen molar-refractivity contribution in [2.75, 3.05) is 0 Å². The summed E-state index contributed by atoms with van der Waals surface area (Å²) in [6, 6.07) is 9.82. The van der Waals surface area contributed by atoms with Crippen LogP contribution in [0.25, 0.3) is 0 Å². The normalized spacial score (nSPS) is 11.9. The highest BCUT2D eigenvalue weighted by Crippen LogP contribution is 2.35. The SMILES string of the molecule is FC(F)(F)Oc1cc(Oc2ccccc2)cc(OC(F)(F)F)c1. The van der Waals surface area contributed by atoms with Crippen LogP contribution in [0.3, 0.4) is 0 Å². The smallest absolute Gasteiger partial charge is 0.457 e. The summed E-state index contributed by atoms with van der Waals surface area (Å²) in [6.45, 7) is 0. The largest absolute Gasteiger partial charge is 0.573 e. The van der Waals surface area contributed by atoms with Crippen LogP contribution in [0, 0.1) is 0 Å². The highest BCUT2D eigenvalue weighted by Gasteiger charge is 2.34. The van der Waals surface area contributed by atoms with Crippen LogP contribution in [0.15, 0.2) is 48.5 Å². The van der Waals surface area contributed by atoms with E-state index < -0.39 is 24.2 Å². The van der Waals surface area contributed by atoms with E-state index in [1.54, 1.807) is 18.2 Å². The third-order valence-corrected chi connectivity index (χ3v) is 2.30. The van der Waals surface area contributed by atoms with Crippen LogP contribution in [-0.2, 0) is 0 Å². The predicted molar refractivity (Wildman–Crippen MR) is 66.3 cm³/mol. The lowest BCUT2D eigenvalue weighted by Crippen LogP contribution is -2.19. The Morgan fingerprint density at radius 1 is 0.565 bits per heavy atom. The number of alkyl halides is 6. The number of benzene rings is 2. The number of rotatable bonds is 4. The Bertz CT molecular complexity index is 618. The quantitative estimate of drug-likeness (QED) is 0.710. The minimum absolute atomic E-state index is 0.217. The predicted octanol–water partition coefficient (Wildman–Crippen LogP) is 5.28. The van der Waals surface area contributed by atoms with Gasteiger partial charge < -0.3 is 14.2 Å². The molecule has 0 N–H and O–H groups in total. The average molecular weight is 338 g/mol. The molecule has 0 aliphatic carbocycles. The Labute approximate surface area is 126 Å². The fourth-order valence-electron chi connectivity index (χ4n) is 1.61. The Balaban J connectivity index is 2.32. The van der Waals surface area contributed by atoms with Gasteiger partial charge in [-0.3, -0.25) is 0 Å². The topological polar surface area (TPSA) is 27.7 Å². The molecule has 0 bridgehead atoms. The highest BCUT2D eigenvalue weighted by atomic mass is 19.4. The second kappa shape index (κ2) is 6.27. The van der Waals surface area contributed by atoms with Crippen molar-refractivity contribution in [3.63, 3.8) is 0 Å². The molecule has 0 unspecified atom stereocenters. The van der Waals surface area contributed by atoms with Gasteiger partial charge in [-0.1, -0.05) is 18.2 Å². The first kappa shape index (κ1) is 16.8. The van der Waals surface area contributed by atoms with Gasteiger partial charge in [-0.15, -0.1) is 26.3 Å². The van der Waals surface area contributed by atoms with Crippen molar-refractivity contribution < 1.29 is 40.6 Å². The Morgan fingerprint density at radius 2 is 1.00 bits per heavy atom. The zero-order valence-corrected chi connectivity index (χ0v) is 11.1. The van der Waals surface area contributed by atoms with Gasteiger partial charge in [-0.2, -0.15) is 0 Å². The Morgan fingerprint density at radius 3 is 1.43 bits per heavy atom. The van der Waals surface area contributed by atoms with E-state index in [0.29, 0.717) is 6.07 Å². The van der Waals surface area contributed by atoms with Gasteiger partial charge >= 0.3 is 12.7 Å². The second-order valence-corrected chi connectivity index (χ2v) is 4.15. The number of ether oxygens (including phenoxy) is 3. The molecule has 0 aromatic heterocycles. The molecule has 2 aromatic carbocycles. The van der Waals surface area contributed by atoms with Gasteiger partial charge in [0.2, 0.25) is 0 Å². The third kappa shape index (κ3) is 5.97. The first-order chi connectivity index (χ1) is 10.6. The van der Waals surface area contributed by atoms with Crippen LogP contribution in [0.4, 0.5) is 26.3 Å². The molecule has 0 heterocycles. The van der Waals surface area contributed by atoms with Crippen molar-refractivity contribution >= 4 is 0 Å². The first-order valence-corrected chi connectivity index (χ1v) is 6.00. The molecule has 124 valence electrons. The van der Waals surface area contributed by atoms with Crippen molar-refractivity contribution in [2.24, 2.45) is 0 Å². The summed E-state index contributed by atoms with van der Waals surface area (Å²) in [6.07, 6.45) is -10.1. The molecule has 0 radical (unpaired) electrons. The molecule has 0 atom stereocenters. The molecule has 0 amide bonds. The molecule has 0 saturated carbocycles. The van der Waals surface area contributed by atoms with Gasteiger partial charge in [-0.25, -0.2) is 0 Å². The van der Waals surface area contributed by atoms with E-state index in [0.717, 1.165) is 12.1 Å². The maximum atomic E-state index is 12.2. The van der Waals surface area contributed by atoms with Crippen LogP contribution in [0.2, 0.25) is 0 Å². The number of hydrogen-bond donors (Lipinski definition) is 0. The fourth-order valence-corrected chi connectivity index (χ4v) is 1.61. The maximum Gasteiger partial charge on any atom is 0.573 e. The van der Waals surface area contributed by atoms with E-state index >= 15 is 0 Å². The fraction of sp³-hybridized carbons (Fsp3) is 0.143. The summed E-state index contributed by atoms with van der Waals surface area (Å²) in [5.74, 6) is -1.89. The zero-order chi connectivity index (χ0) is 17.1. The molecule has 0 fully saturated rings. The number of hydrogen-bond acceptors (Lipinski definition) is 3. The van der Waals surface area contributed by atoms with Gasteiger partial charge in [-0.05, 0) is 12.1 Å². The lowest BCUT2D eigenvalue weighted by molar-refractivity contribution is -0.276. The second-order valence-electron chi connectivity index (χ2n) is 4.15. The molecular weight excluding hydrogens is 330 g/mol. The van der Waals surface area contributed by atoms with Gasteiger partial charge in [0.25, 0.3) is 0 Å². The van der Waals surface area contributed by atoms with Crippen molar-refractivity contribution in [1.82, 2.24) is 0 Å². The highest BCUT2D eigenvalue weighted by molar-refractivity contribution is 5.44. The van der Waals surface area contributed by atoms with Gasteiger partial charge in [0.1, 0.15) is 23.0 Å². The summed E-state index contributed by atoms with van der Waals surface area (Å²) in [7, 11) is 0. The molecule has 3 nitrogen and oxygen atoms in total. The summed E-state index contributed by atoms with van der Waals surface area (Å²) in [5.41, 5.74) is 0. The van der Waals surface area contributed by atoms with Crippen molar-refractivity contribution in [3.8, 4) is 23.0 Å². The summed E-state index contributed by atoms with van der Waals surface area (Å²) in [5, 5.41) is 0. The van der Waals surface area contributed by atoms with Crippen LogP contribution >= 0.6 is 0 Å². The van der Waals surface area contributed by atoms with Crippen molar-refractivity contribution in [1.29, 1.82) is 0 Å². The minimum Gasteiger partial charge on any atom is -0.457 e. The van der Waals surface area contributed by atoms with Crippen LogP contribution in [-0.4, -0.2) is 12.7 Å². The molecule has 0 aliphatic heterocycles. The van der Waals surface area contributed by atoms with E-state index in [1.807, 2.05) is 0 Å². The van der Waals surface area contributed by atoms with Gasteiger partial charge in [0.15, 0.2) is 0 Å². The van der Waals surface area contributed by atoms with Crippen LogP contribution < -0.4 is 14.2 Å². The van der Waals surface area contributed by atoms with Crippen molar-refractivity contribution in [3.05, 3.63) is 48.5 Å². The number of para-hydroxylation sites is 1. The van der Waals surface area contributed by atoms with E-state index in [1.165, 1.54) is 12.1 Å². The lowest BCUT2D eigenvalue weighted by atomic mass is 10.3. The van der Waals surface area contributed by atoms with Gasteiger partial charge in [0, 0.05) is 18.2 Å². The van der Waals surface area contributed by atoms with Gasteiger partial charge in [0.05, 0.1) is 0 Å². The molecule has 2 aromatic rings. The van der Waals surface area contributed by atoms with E-state index in [2.05, 4.69) is 9.47 Å². The Kier molecular flexibility index (Phi) is 4.57. The molecule has 23 heavy (non-hydrogen) atoms. The molecule has 9 heteroatoms. The van der Waals surface area contributed by atoms with Crippen LogP contribution in [0.1, 0.15) is 0 Å². The number of halogens is 6. The molecular formula is C14H8F6O3. The molecule has 0 aliphatic rings. The summed E-state index contributed by atoms with van der Waals surface area (Å²) < 4.78 is 85.9. The van der Waals surface area contributed by atoms with E-state index in [4.69, 9.17) is 4.74 Å². The molecule has 0 spiro atoms. The average Bonchev–Trinajstić information content (AvgIpc) is 2.35. The Hall–Kier alpha value is -2.58. The summed E-state index contributed by atoms with van der Waals surface area (Å²) in [4.78, 5) is 0. The molecule has 0 saturated heterocycles. The summed E-state index contributed by atoms with van der Waals surface area (Å²) >= 11 is 0. The first-order valence-electron chi connectivity index (χ1n) is 6.00. The lowest BCUT2D eigenvalue weighted by Gasteiger charge is -2.14. The van der Waals surface area contributed by atoms with Crippen molar-refractivity contribution in [2.45, 2.75) is 12.7 Å².